The molecule has 0 aromatic heterocycles. The fraction of sp³-hybridized carbons (Fsp3) is 0.941. The van der Waals surface area contributed by atoms with Crippen LogP contribution in [-0.4, -0.2) is 42.5 Å². The first-order valence-corrected chi connectivity index (χ1v) is 8.63. The van der Waals surface area contributed by atoms with E-state index in [4.69, 9.17) is 5.73 Å². The topological polar surface area (TPSA) is 58.4 Å². The Balaban J connectivity index is 1.82. The molecule has 0 spiro atoms. The van der Waals surface area contributed by atoms with E-state index in [1.54, 1.807) is 0 Å². The molecule has 2 unspecified atom stereocenters. The van der Waals surface area contributed by atoms with E-state index in [0.717, 1.165) is 31.8 Å². The van der Waals surface area contributed by atoms with Crippen LogP contribution in [0.1, 0.15) is 59.3 Å². The number of hydrogen-bond donors (Lipinski definition) is 2. The normalized spacial score (nSPS) is 29.5. The van der Waals surface area contributed by atoms with Crippen LogP contribution in [0.25, 0.3) is 0 Å². The highest BCUT2D eigenvalue weighted by Crippen LogP contribution is 2.38. The van der Waals surface area contributed by atoms with Crippen molar-refractivity contribution in [2.45, 2.75) is 71.4 Å². The summed E-state index contributed by atoms with van der Waals surface area (Å²) in [6.45, 7) is 9.55. The Morgan fingerprint density at radius 2 is 1.76 bits per heavy atom. The predicted molar refractivity (Wildman–Crippen MR) is 87.0 cm³/mol. The van der Waals surface area contributed by atoms with Gasteiger partial charge in [-0.3, -0.25) is 9.69 Å². The van der Waals surface area contributed by atoms with Crippen LogP contribution in [0.2, 0.25) is 0 Å². The number of rotatable bonds is 4. The first-order chi connectivity index (χ1) is 9.86. The highest BCUT2D eigenvalue weighted by atomic mass is 16.1. The van der Waals surface area contributed by atoms with E-state index in [1.807, 2.05) is 0 Å². The molecule has 0 aromatic rings. The third kappa shape index (κ3) is 4.96. The van der Waals surface area contributed by atoms with Gasteiger partial charge in [0.05, 0.1) is 6.54 Å². The SMILES string of the molecule is CC(C)(C)C1CCCCC1NC1CCN(CC(N)=O)CC1. The number of hydrogen-bond acceptors (Lipinski definition) is 3. The maximum absolute atomic E-state index is 11.0. The summed E-state index contributed by atoms with van der Waals surface area (Å²) in [5.41, 5.74) is 5.67. The maximum atomic E-state index is 11.0. The molecule has 4 nitrogen and oxygen atoms in total. The van der Waals surface area contributed by atoms with Crippen LogP contribution < -0.4 is 11.1 Å². The standard InChI is InChI=1S/C17H33N3O/c1-17(2,3)14-6-4-5-7-15(14)19-13-8-10-20(11-9-13)12-16(18)21/h13-15,19H,4-12H2,1-3H3,(H2,18,21). The van der Waals surface area contributed by atoms with Crippen molar-refractivity contribution in [2.75, 3.05) is 19.6 Å². The number of nitrogens with zero attached hydrogens (tertiary/aromatic N) is 1. The molecule has 0 bridgehead atoms. The van der Waals surface area contributed by atoms with Gasteiger partial charge in [0.25, 0.3) is 0 Å². The fourth-order valence-corrected chi connectivity index (χ4v) is 4.15. The van der Waals surface area contributed by atoms with Gasteiger partial charge in [-0.2, -0.15) is 0 Å². The molecule has 0 radical (unpaired) electrons. The average Bonchev–Trinajstić information content (AvgIpc) is 2.40. The number of carbonyl (C=O) groups is 1. The van der Waals surface area contributed by atoms with Crippen molar-refractivity contribution in [1.82, 2.24) is 10.2 Å². The Bertz CT molecular complexity index is 342. The summed E-state index contributed by atoms with van der Waals surface area (Å²) in [5, 5.41) is 3.95. The number of nitrogens with two attached hydrogens (primary N) is 1. The van der Waals surface area contributed by atoms with Crippen LogP contribution in [-0.2, 0) is 4.79 Å². The van der Waals surface area contributed by atoms with Gasteiger partial charge in [0.15, 0.2) is 0 Å². The third-order valence-electron chi connectivity index (χ3n) is 5.30. The summed E-state index contributed by atoms with van der Waals surface area (Å²) in [4.78, 5) is 13.2. The summed E-state index contributed by atoms with van der Waals surface area (Å²) >= 11 is 0. The number of likely N-dealkylation sites (tertiary alicyclic amines) is 1. The van der Waals surface area contributed by atoms with E-state index in [9.17, 15) is 4.79 Å². The minimum absolute atomic E-state index is 0.207. The van der Waals surface area contributed by atoms with Crippen molar-refractivity contribution in [1.29, 1.82) is 0 Å². The molecule has 1 aliphatic heterocycles. The van der Waals surface area contributed by atoms with E-state index >= 15 is 0 Å². The van der Waals surface area contributed by atoms with E-state index in [1.165, 1.54) is 25.7 Å². The number of amides is 1. The Labute approximate surface area is 129 Å². The van der Waals surface area contributed by atoms with E-state index in [-0.39, 0.29) is 5.91 Å². The quantitative estimate of drug-likeness (QED) is 0.835. The van der Waals surface area contributed by atoms with Gasteiger partial charge in [-0.15, -0.1) is 0 Å². The molecule has 2 atom stereocenters. The molecule has 1 saturated heterocycles. The molecule has 1 saturated carbocycles. The van der Waals surface area contributed by atoms with Crippen molar-refractivity contribution in [2.24, 2.45) is 17.1 Å². The monoisotopic (exact) mass is 295 g/mol. The third-order valence-corrected chi connectivity index (χ3v) is 5.30. The van der Waals surface area contributed by atoms with Crippen molar-refractivity contribution >= 4 is 5.91 Å². The van der Waals surface area contributed by atoms with Gasteiger partial charge in [-0.05, 0) is 37.0 Å². The van der Waals surface area contributed by atoms with E-state index in [0.29, 0.717) is 24.0 Å². The largest absolute Gasteiger partial charge is 0.369 e. The number of nitrogens with one attached hydrogen (secondary N) is 1. The minimum atomic E-state index is -0.207. The van der Waals surface area contributed by atoms with Gasteiger partial charge in [0, 0.05) is 25.2 Å². The van der Waals surface area contributed by atoms with Crippen LogP contribution >= 0.6 is 0 Å². The summed E-state index contributed by atoms with van der Waals surface area (Å²) in [6, 6.07) is 1.29. The first-order valence-electron chi connectivity index (χ1n) is 8.63. The fourth-order valence-electron chi connectivity index (χ4n) is 4.15. The van der Waals surface area contributed by atoms with Crippen molar-refractivity contribution < 1.29 is 4.79 Å². The number of primary amides is 1. The molecule has 2 fully saturated rings. The molecule has 1 aliphatic carbocycles. The molecule has 21 heavy (non-hydrogen) atoms. The molecule has 2 rings (SSSR count). The van der Waals surface area contributed by atoms with E-state index < -0.39 is 0 Å². The Morgan fingerprint density at radius 1 is 1.14 bits per heavy atom. The second-order valence-corrected chi connectivity index (χ2v) is 8.05. The van der Waals surface area contributed by atoms with E-state index in [2.05, 4.69) is 31.0 Å². The summed E-state index contributed by atoms with van der Waals surface area (Å²) < 4.78 is 0. The second kappa shape index (κ2) is 7.10. The van der Waals surface area contributed by atoms with Gasteiger partial charge >= 0.3 is 0 Å². The summed E-state index contributed by atoms with van der Waals surface area (Å²) in [7, 11) is 0. The first kappa shape index (κ1) is 16.8. The van der Waals surface area contributed by atoms with Crippen LogP contribution in [0.3, 0.4) is 0 Å². The molecule has 122 valence electrons. The zero-order chi connectivity index (χ0) is 15.5. The number of carbonyl (C=O) groups excluding carboxylic acids is 1. The maximum Gasteiger partial charge on any atom is 0.231 e. The lowest BCUT2D eigenvalue weighted by molar-refractivity contribution is -0.119. The molecular formula is C17H33N3O. The molecule has 2 aliphatic rings. The van der Waals surface area contributed by atoms with Crippen LogP contribution in [0, 0.1) is 11.3 Å². The molecular weight excluding hydrogens is 262 g/mol. The Morgan fingerprint density at radius 3 is 2.33 bits per heavy atom. The Kier molecular flexibility index (Phi) is 5.67. The van der Waals surface area contributed by atoms with Crippen LogP contribution in [0.5, 0.6) is 0 Å². The summed E-state index contributed by atoms with van der Waals surface area (Å²) in [6.07, 6.45) is 7.72. The molecule has 4 heteroatoms. The van der Waals surface area contributed by atoms with Crippen molar-refractivity contribution in [3.05, 3.63) is 0 Å². The molecule has 1 heterocycles. The lowest BCUT2D eigenvalue weighted by Crippen LogP contribution is -2.52. The highest BCUT2D eigenvalue weighted by Gasteiger charge is 2.35. The second-order valence-electron chi connectivity index (χ2n) is 8.05. The van der Waals surface area contributed by atoms with Gasteiger partial charge in [-0.1, -0.05) is 33.6 Å². The Hall–Kier alpha value is -0.610. The lowest BCUT2D eigenvalue weighted by atomic mass is 9.69. The lowest BCUT2D eigenvalue weighted by Gasteiger charge is -2.43. The minimum Gasteiger partial charge on any atom is -0.369 e. The van der Waals surface area contributed by atoms with Gasteiger partial charge in [0.1, 0.15) is 0 Å². The molecule has 1 amide bonds. The van der Waals surface area contributed by atoms with Gasteiger partial charge < -0.3 is 11.1 Å². The number of piperidine rings is 1. The predicted octanol–water partition coefficient (Wildman–Crippen LogP) is 2.13. The zero-order valence-corrected chi connectivity index (χ0v) is 14.0. The molecule has 3 N–H and O–H groups in total. The van der Waals surface area contributed by atoms with Gasteiger partial charge in [0.2, 0.25) is 5.91 Å². The van der Waals surface area contributed by atoms with Crippen molar-refractivity contribution in [3.63, 3.8) is 0 Å². The van der Waals surface area contributed by atoms with Gasteiger partial charge in [-0.25, -0.2) is 0 Å². The van der Waals surface area contributed by atoms with Crippen LogP contribution in [0.15, 0.2) is 0 Å². The average molecular weight is 295 g/mol. The van der Waals surface area contributed by atoms with Crippen molar-refractivity contribution in [3.8, 4) is 0 Å². The smallest absolute Gasteiger partial charge is 0.231 e. The zero-order valence-electron chi connectivity index (χ0n) is 14.0. The highest BCUT2D eigenvalue weighted by molar-refractivity contribution is 5.75. The summed E-state index contributed by atoms with van der Waals surface area (Å²) in [5.74, 6) is 0.580. The molecule has 0 aromatic carbocycles. The van der Waals surface area contributed by atoms with Crippen LogP contribution in [0.4, 0.5) is 0 Å².